The van der Waals surface area contributed by atoms with Gasteiger partial charge in [-0.3, -0.25) is 0 Å². The van der Waals surface area contributed by atoms with Crippen LogP contribution in [0.3, 0.4) is 0 Å². The van der Waals surface area contributed by atoms with Gasteiger partial charge in [-0.1, -0.05) is 12.1 Å². The van der Waals surface area contributed by atoms with Crippen LogP contribution in [0.1, 0.15) is 0 Å². The first-order valence-corrected chi connectivity index (χ1v) is 5.80. The number of rotatable bonds is 6. The van der Waals surface area contributed by atoms with Gasteiger partial charge in [-0.25, -0.2) is 4.98 Å². The van der Waals surface area contributed by atoms with Gasteiger partial charge in [0.05, 0.1) is 7.11 Å². The van der Waals surface area contributed by atoms with Gasteiger partial charge in [0, 0.05) is 6.20 Å². The lowest BCUT2D eigenvalue weighted by Gasteiger charge is -2.11. The number of hydrogen-bond donors (Lipinski definition) is 0. The fourth-order valence-electron chi connectivity index (χ4n) is 1.52. The van der Waals surface area contributed by atoms with Gasteiger partial charge < -0.3 is 14.2 Å². The molecule has 0 saturated carbocycles. The van der Waals surface area contributed by atoms with Crippen LogP contribution < -0.4 is 14.2 Å². The summed E-state index contributed by atoms with van der Waals surface area (Å²) in [6, 6.07) is 10.4. The van der Waals surface area contributed by atoms with Crippen molar-refractivity contribution >= 4 is 0 Å². The molecule has 0 spiro atoms. The maximum absolute atomic E-state index is 13.2. The number of methoxy groups -OCH3 is 1. The molecule has 100 valence electrons. The number of benzene rings is 1. The maximum Gasteiger partial charge on any atom is 0.255 e. The Morgan fingerprint density at radius 3 is 2.26 bits per heavy atom. The SMILES string of the molecule is COc1ccccc1OCCOc1cccnc1F. The summed E-state index contributed by atoms with van der Waals surface area (Å²) >= 11 is 0. The molecule has 0 radical (unpaired) electrons. The van der Waals surface area contributed by atoms with Crippen molar-refractivity contribution in [2.75, 3.05) is 20.3 Å². The third kappa shape index (κ3) is 3.58. The van der Waals surface area contributed by atoms with Crippen molar-refractivity contribution in [2.45, 2.75) is 0 Å². The normalized spacial score (nSPS) is 10.0. The Kier molecular flexibility index (Phi) is 4.55. The van der Waals surface area contributed by atoms with E-state index in [2.05, 4.69) is 4.98 Å². The number of halogens is 1. The van der Waals surface area contributed by atoms with Crippen molar-refractivity contribution < 1.29 is 18.6 Å². The van der Waals surface area contributed by atoms with Gasteiger partial charge in [0.1, 0.15) is 13.2 Å². The van der Waals surface area contributed by atoms with Gasteiger partial charge in [-0.05, 0) is 24.3 Å². The van der Waals surface area contributed by atoms with Crippen LogP contribution in [0, 0.1) is 5.95 Å². The minimum absolute atomic E-state index is 0.117. The average molecular weight is 263 g/mol. The van der Waals surface area contributed by atoms with Crippen LogP contribution in [0.25, 0.3) is 0 Å². The number of aromatic nitrogens is 1. The smallest absolute Gasteiger partial charge is 0.255 e. The van der Waals surface area contributed by atoms with Crippen LogP contribution in [0.15, 0.2) is 42.6 Å². The number of pyridine rings is 1. The number of hydrogen-bond acceptors (Lipinski definition) is 4. The molecule has 5 heteroatoms. The molecule has 0 amide bonds. The first kappa shape index (κ1) is 13.1. The van der Waals surface area contributed by atoms with E-state index < -0.39 is 5.95 Å². The molecule has 2 rings (SSSR count). The molecule has 1 aromatic heterocycles. The monoisotopic (exact) mass is 263 g/mol. The summed E-state index contributed by atoms with van der Waals surface area (Å²) in [7, 11) is 1.57. The quantitative estimate of drug-likeness (QED) is 0.593. The van der Waals surface area contributed by atoms with E-state index in [1.807, 2.05) is 12.1 Å². The molecule has 0 bridgehead atoms. The third-order valence-electron chi connectivity index (χ3n) is 2.39. The number of ether oxygens (including phenoxy) is 3. The van der Waals surface area contributed by atoms with Crippen molar-refractivity contribution in [1.82, 2.24) is 4.98 Å². The Balaban J connectivity index is 1.83. The predicted octanol–water partition coefficient (Wildman–Crippen LogP) is 2.69. The van der Waals surface area contributed by atoms with Crippen molar-refractivity contribution in [3.05, 3.63) is 48.5 Å². The molecule has 0 aliphatic heterocycles. The molecule has 2 aromatic rings. The second-order valence-electron chi connectivity index (χ2n) is 3.64. The van der Waals surface area contributed by atoms with Gasteiger partial charge in [-0.2, -0.15) is 4.39 Å². The lowest BCUT2D eigenvalue weighted by molar-refractivity contribution is 0.205. The highest BCUT2D eigenvalue weighted by Gasteiger charge is 2.04. The van der Waals surface area contributed by atoms with E-state index in [4.69, 9.17) is 14.2 Å². The van der Waals surface area contributed by atoms with Crippen molar-refractivity contribution in [2.24, 2.45) is 0 Å². The van der Waals surface area contributed by atoms with Gasteiger partial charge in [0.15, 0.2) is 17.2 Å². The molecule has 4 nitrogen and oxygen atoms in total. The summed E-state index contributed by atoms with van der Waals surface area (Å²) in [6.45, 7) is 0.509. The zero-order valence-corrected chi connectivity index (χ0v) is 10.5. The molecule has 19 heavy (non-hydrogen) atoms. The topological polar surface area (TPSA) is 40.6 Å². The van der Waals surface area contributed by atoms with E-state index in [9.17, 15) is 4.39 Å². The second kappa shape index (κ2) is 6.58. The Morgan fingerprint density at radius 2 is 1.58 bits per heavy atom. The Hall–Kier alpha value is -2.30. The molecule has 0 unspecified atom stereocenters. The molecule has 0 aliphatic rings. The van der Waals surface area contributed by atoms with E-state index in [1.54, 1.807) is 25.3 Å². The predicted molar refractivity (Wildman–Crippen MR) is 68.2 cm³/mol. The van der Waals surface area contributed by atoms with Crippen LogP contribution in [-0.4, -0.2) is 25.3 Å². The molecule has 0 N–H and O–H groups in total. The van der Waals surface area contributed by atoms with E-state index in [1.165, 1.54) is 12.3 Å². The van der Waals surface area contributed by atoms with Crippen molar-refractivity contribution in [3.63, 3.8) is 0 Å². The molecular weight excluding hydrogens is 249 g/mol. The highest BCUT2D eigenvalue weighted by Crippen LogP contribution is 2.25. The van der Waals surface area contributed by atoms with Crippen LogP contribution in [0.5, 0.6) is 17.2 Å². The van der Waals surface area contributed by atoms with Crippen molar-refractivity contribution in [1.29, 1.82) is 0 Å². The van der Waals surface area contributed by atoms with Crippen LogP contribution in [0.2, 0.25) is 0 Å². The standard InChI is InChI=1S/C14H14FNO3/c1-17-11-5-2-3-6-12(11)18-9-10-19-13-7-4-8-16-14(13)15/h2-8H,9-10H2,1H3. The molecular formula is C14H14FNO3. The fourth-order valence-corrected chi connectivity index (χ4v) is 1.52. The maximum atomic E-state index is 13.2. The van der Waals surface area contributed by atoms with Crippen LogP contribution in [0.4, 0.5) is 4.39 Å². The van der Waals surface area contributed by atoms with E-state index in [0.29, 0.717) is 11.5 Å². The fraction of sp³-hybridized carbons (Fsp3) is 0.214. The number of nitrogens with zero attached hydrogens (tertiary/aromatic N) is 1. The zero-order valence-electron chi connectivity index (χ0n) is 10.5. The minimum Gasteiger partial charge on any atom is -0.493 e. The molecule has 0 atom stereocenters. The lowest BCUT2D eigenvalue weighted by Crippen LogP contribution is -2.10. The Labute approximate surface area is 110 Å². The summed E-state index contributed by atoms with van der Waals surface area (Å²) in [6.07, 6.45) is 1.37. The van der Waals surface area contributed by atoms with E-state index in [0.717, 1.165) is 0 Å². The van der Waals surface area contributed by atoms with Crippen LogP contribution >= 0.6 is 0 Å². The minimum atomic E-state index is -0.625. The summed E-state index contributed by atoms with van der Waals surface area (Å²) in [5.74, 6) is 0.765. The Bertz CT molecular complexity index is 534. The molecule has 0 saturated heterocycles. The lowest BCUT2D eigenvalue weighted by atomic mass is 10.3. The Morgan fingerprint density at radius 1 is 0.947 bits per heavy atom. The first-order chi connectivity index (χ1) is 9.31. The van der Waals surface area contributed by atoms with E-state index in [-0.39, 0.29) is 19.0 Å². The first-order valence-electron chi connectivity index (χ1n) is 5.80. The summed E-state index contributed by atoms with van der Waals surface area (Å²) in [5.41, 5.74) is 0. The second-order valence-corrected chi connectivity index (χ2v) is 3.64. The largest absolute Gasteiger partial charge is 0.493 e. The molecule has 1 aromatic carbocycles. The third-order valence-corrected chi connectivity index (χ3v) is 2.39. The highest BCUT2D eigenvalue weighted by molar-refractivity contribution is 5.39. The molecule has 0 aliphatic carbocycles. The molecule has 0 fully saturated rings. The summed E-state index contributed by atoms with van der Waals surface area (Å²) < 4.78 is 29.0. The highest BCUT2D eigenvalue weighted by atomic mass is 19.1. The van der Waals surface area contributed by atoms with E-state index >= 15 is 0 Å². The van der Waals surface area contributed by atoms with Crippen LogP contribution in [-0.2, 0) is 0 Å². The van der Waals surface area contributed by atoms with Gasteiger partial charge in [0.2, 0.25) is 0 Å². The molecule has 1 heterocycles. The van der Waals surface area contributed by atoms with Gasteiger partial charge in [0.25, 0.3) is 5.95 Å². The van der Waals surface area contributed by atoms with Gasteiger partial charge >= 0.3 is 0 Å². The van der Waals surface area contributed by atoms with Crippen molar-refractivity contribution in [3.8, 4) is 17.2 Å². The number of para-hydroxylation sites is 2. The average Bonchev–Trinajstić information content (AvgIpc) is 2.45. The summed E-state index contributed by atoms with van der Waals surface area (Å²) in [4.78, 5) is 3.49. The summed E-state index contributed by atoms with van der Waals surface area (Å²) in [5, 5.41) is 0. The van der Waals surface area contributed by atoms with Gasteiger partial charge in [-0.15, -0.1) is 0 Å². The zero-order chi connectivity index (χ0) is 13.5.